The van der Waals surface area contributed by atoms with Gasteiger partial charge in [-0.2, -0.15) is 0 Å². The fourth-order valence-corrected chi connectivity index (χ4v) is 5.48. The minimum atomic E-state index is -1.20. The number of carbonyl (C=O) groups is 2. The highest BCUT2D eigenvalue weighted by molar-refractivity contribution is 8.26. The molecule has 0 spiro atoms. The van der Waals surface area contributed by atoms with E-state index in [0.29, 0.717) is 21.5 Å². The molecule has 4 rings (SSSR count). The third-order valence-electron chi connectivity index (χ3n) is 6.26. The van der Waals surface area contributed by atoms with Crippen molar-refractivity contribution in [2.24, 2.45) is 0 Å². The first-order valence-electron chi connectivity index (χ1n) is 11.5. The molecule has 0 bridgehead atoms. The Morgan fingerprint density at radius 1 is 1.08 bits per heavy atom. The normalized spacial score (nSPS) is 15.2. The zero-order chi connectivity index (χ0) is 26.4. The molecule has 1 amide bonds. The lowest BCUT2D eigenvalue weighted by molar-refractivity contribution is -0.122. The number of amides is 1. The van der Waals surface area contributed by atoms with Gasteiger partial charge >= 0.3 is 5.97 Å². The number of thioether (sulfide) groups is 1. The van der Waals surface area contributed by atoms with Gasteiger partial charge in [0, 0.05) is 17.1 Å². The summed E-state index contributed by atoms with van der Waals surface area (Å²) in [5.74, 6) is -1.62. The maximum Gasteiger partial charge on any atom is 0.339 e. The number of carbonyl (C=O) groups excluding carboxylic acids is 1. The van der Waals surface area contributed by atoms with Crippen LogP contribution in [0.5, 0.6) is 5.75 Å². The quantitative estimate of drug-likeness (QED) is 0.308. The molecule has 2 aromatic carbocycles. The summed E-state index contributed by atoms with van der Waals surface area (Å²) >= 11 is 6.81. The van der Waals surface area contributed by atoms with E-state index in [-0.39, 0.29) is 22.6 Å². The van der Waals surface area contributed by atoms with Crippen LogP contribution in [0.25, 0.3) is 11.8 Å². The molecule has 0 aliphatic carbocycles. The second-order valence-electron chi connectivity index (χ2n) is 9.88. The van der Waals surface area contributed by atoms with Crippen molar-refractivity contribution in [1.29, 1.82) is 0 Å². The highest BCUT2D eigenvalue weighted by Gasteiger charge is 2.32. The summed E-state index contributed by atoms with van der Waals surface area (Å²) in [6, 6.07) is 14.7. The predicted molar refractivity (Wildman–Crippen MR) is 148 cm³/mol. The van der Waals surface area contributed by atoms with Gasteiger partial charge in [0.2, 0.25) is 0 Å². The van der Waals surface area contributed by atoms with Gasteiger partial charge in [0.05, 0.1) is 11.4 Å². The van der Waals surface area contributed by atoms with E-state index < -0.39 is 5.97 Å². The van der Waals surface area contributed by atoms with Crippen molar-refractivity contribution in [2.75, 3.05) is 0 Å². The lowest BCUT2D eigenvalue weighted by Gasteiger charge is -2.20. The zero-order valence-electron chi connectivity index (χ0n) is 20.8. The zero-order valence-corrected chi connectivity index (χ0v) is 22.5. The van der Waals surface area contributed by atoms with Crippen molar-refractivity contribution < 1.29 is 19.8 Å². The van der Waals surface area contributed by atoms with E-state index in [2.05, 4.69) is 32.9 Å². The summed E-state index contributed by atoms with van der Waals surface area (Å²) in [6.45, 7) is 10.7. The molecule has 0 unspecified atom stereocenters. The van der Waals surface area contributed by atoms with E-state index in [1.165, 1.54) is 29.5 Å². The molecule has 0 radical (unpaired) electrons. The summed E-state index contributed by atoms with van der Waals surface area (Å²) in [6.07, 6.45) is 1.83. The van der Waals surface area contributed by atoms with Crippen LogP contribution in [0.3, 0.4) is 0 Å². The van der Waals surface area contributed by atoms with Gasteiger partial charge in [-0.05, 0) is 66.3 Å². The van der Waals surface area contributed by atoms with Crippen LogP contribution >= 0.6 is 24.0 Å². The number of carboxylic acids is 1. The van der Waals surface area contributed by atoms with E-state index in [1.807, 2.05) is 42.7 Å². The summed E-state index contributed by atoms with van der Waals surface area (Å²) in [5.41, 5.74) is 5.31. The second-order valence-corrected chi connectivity index (χ2v) is 11.6. The van der Waals surface area contributed by atoms with E-state index in [0.717, 1.165) is 22.5 Å². The molecule has 1 saturated heterocycles. The van der Waals surface area contributed by atoms with Crippen molar-refractivity contribution >= 4 is 46.3 Å². The van der Waals surface area contributed by atoms with Crippen molar-refractivity contribution in [2.45, 2.75) is 46.6 Å². The first-order valence-corrected chi connectivity index (χ1v) is 12.7. The van der Waals surface area contributed by atoms with Gasteiger partial charge in [-0.25, -0.2) is 4.79 Å². The monoisotopic (exact) mass is 520 g/mol. The smallest absolute Gasteiger partial charge is 0.339 e. The highest BCUT2D eigenvalue weighted by atomic mass is 32.2. The summed E-state index contributed by atoms with van der Waals surface area (Å²) in [5, 5.41) is 19.2. The van der Waals surface area contributed by atoms with Crippen molar-refractivity contribution in [3.8, 4) is 11.4 Å². The minimum absolute atomic E-state index is 0.0603. The summed E-state index contributed by atoms with van der Waals surface area (Å²) in [7, 11) is 0. The Morgan fingerprint density at radius 3 is 2.36 bits per heavy atom. The molecule has 2 heterocycles. The lowest BCUT2D eigenvalue weighted by atomic mass is 9.87. The van der Waals surface area contributed by atoms with Gasteiger partial charge < -0.3 is 14.8 Å². The van der Waals surface area contributed by atoms with Crippen molar-refractivity contribution in [3.05, 3.63) is 87.1 Å². The average molecular weight is 521 g/mol. The minimum Gasteiger partial charge on any atom is -0.507 e. The molecule has 6 nitrogen and oxygen atoms in total. The third-order valence-corrected chi connectivity index (χ3v) is 7.64. The van der Waals surface area contributed by atoms with Gasteiger partial charge in [0.25, 0.3) is 5.91 Å². The molecule has 0 saturated carbocycles. The van der Waals surface area contributed by atoms with E-state index in [1.54, 1.807) is 11.0 Å². The van der Waals surface area contributed by atoms with Gasteiger partial charge in [0.15, 0.2) is 0 Å². The number of benzene rings is 2. The number of carboxylic acid groups (broad SMARTS) is 1. The number of hydrogen-bond donors (Lipinski definition) is 2. The second kappa shape index (κ2) is 9.59. The van der Waals surface area contributed by atoms with E-state index >= 15 is 0 Å². The van der Waals surface area contributed by atoms with Crippen LogP contribution in [0, 0.1) is 13.8 Å². The largest absolute Gasteiger partial charge is 0.507 e. The summed E-state index contributed by atoms with van der Waals surface area (Å²) < 4.78 is 2.42. The number of rotatable bonds is 5. The molecule has 0 atom stereocenters. The van der Waals surface area contributed by atoms with Crippen LogP contribution in [-0.4, -0.2) is 35.9 Å². The Kier molecular flexibility index (Phi) is 6.86. The standard InChI is InChI=1S/C28H28N2O4S2/c1-16-12-19(17(2)30(16)21-10-11-23(31)22(14-21)26(33)34)13-24-25(32)29(27(35)36-24)15-18-6-8-20(9-7-18)28(3,4)5/h6-14,31H,15H2,1-5H3,(H,33,34)/b24-13-. The number of hydrogen-bond acceptors (Lipinski definition) is 5. The maximum atomic E-state index is 13.2. The number of aromatic nitrogens is 1. The predicted octanol–water partition coefficient (Wildman–Crippen LogP) is 6.20. The van der Waals surface area contributed by atoms with Crippen LogP contribution in [0.4, 0.5) is 0 Å². The molecule has 2 N–H and O–H groups in total. The Morgan fingerprint density at radius 2 is 1.75 bits per heavy atom. The highest BCUT2D eigenvalue weighted by Crippen LogP contribution is 2.35. The van der Waals surface area contributed by atoms with Crippen LogP contribution in [0.1, 0.15) is 59.2 Å². The number of nitrogens with zero attached hydrogens (tertiary/aromatic N) is 2. The molecule has 8 heteroatoms. The number of thiocarbonyl (C=S) groups is 1. The molecule has 36 heavy (non-hydrogen) atoms. The van der Waals surface area contributed by atoms with E-state index in [4.69, 9.17) is 12.2 Å². The molecule has 186 valence electrons. The molecule has 1 aliphatic heterocycles. The molecule has 1 aliphatic rings. The van der Waals surface area contributed by atoms with E-state index in [9.17, 15) is 19.8 Å². The first kappa shape index (κ1) is 25.7. The molecule has 1 fully saturated rings. The Balaban J connectivity index is 1.60. The Labute approximate surface area is 220 Å². The van der Waals surface area contributed by atoms with Crippen LogP contribution in [0.15, 0.2) is 53.4 Å². The topological polar surface area (TPSA) is 82.8 Å². The van der Waals surface area contributed by atoms with Gasteiger partial charge in [-0.1, -0.05) is 69.0 Å². The SMILES string of the molecule is Cc1cc(/C=C2\SC(=S)N(Cc3ccc(C(C)(C)C)cc3)C2=O)c(C)n1-c1ccc(O)c(C(=O)O)c1. The Hall–Kier alpha value is -3.36. The number of aryl methyl sites for hydroxylation is 1. The Bertz CT molecular complexity index is 1410. The van der Waals surface area contributed by atoms with Crippen LogP contribution < -0.4 is 0 Å². The summed E-state index contributed by atoms with van der Waals surface area (Å²) in [4.78, 5) is 26.9. The number of aromatic carboxylic acids is 1. The fourth-order valence-electron chi connectivity index (χ4n) is 4.24. The lowest BCUT2D eigenvalue weighted by Crippen LogP contribution is -2.27. The van der Waals surface area contributed by atoms with Crippen LogP contribution in [-0.2, 0) is 16.8 Å². The van der Waals surface area contributed by atoms with Gasteiger partial charge in [-0.3, -0.25) is 9.69 Å². The van der Waals surface area contributed by atoms with Crippen molar-refractivity contribution in [3.63, 3.8) is 0 Å². The van der Waals surface area contributed by atoms with Crippen LogP contribution in [0.2, 0.25) is 0 Å². The maximum absolute atomic E-state index is 13.2. The molecular formula is C28H28N2O4S2. The van der Waals surface area contributed by atoms with Gasteiger partial charge in [0.1, 0.15) is 15.6 Å². The molecule has 3 aromatic rings. The first-order chi connectivity index (χ1) is 16.9. The van der Waals surface area contributed by atoms with Crippen molar-refractivity contribution in [1.82, 2.24) is 9.47 Å². The number of phenols is 1. The molecule has 1 aromatic heterocycles. The average Bonchev–Trinajstić information content (AvgIpc) is 3.23. The number of aromatic hydroxyl groups is 1. The van der Waals surface area contributed by atoms with Gasteiger partial charge in [-0.15, -0.1) is 0 Å². The fraction of sp³-hybridized carbons (Fsp3) is 0.250. The molecular weight excluding hydrogens is 492 g/mol. The third kappa shape index (κ3) is 4.96.